The first-order valence-corrected chi connectivity index (χ1v) is 7.50. The number of thioether (sulfide) groups is 1. The Morgan fingerprint density at radius 2 is 2.27 bits per heavy atom. The van der Waals surface area contributed by atoms with Crippen LogP contribution in [0.25, 0.3) is 0 Å². The molecule has 0 aromatic carbocycles. The maximum Gasteiger partial charge on any atom is 0.0225 e. The molecule has 0 aliphatic rings. The predicted molar refractivity (Wildman–Crippen MR) is 73.1 cm³/mol. The molecule has 0 spiro atoms. The summed E-state index contributed by atoms with van der Waals surface area (Å²) in [4.78, 5) is 0. The van der Waals surface area contributed by atoms with Crippen LogP contribution < -0.4 is 5.32 Å². The van der Waals surface area contributed by atoms with Gasteiger partial charge in [-0.2, -0.15) is 23.1 Å². The minimum absolute atomic E-state index is 0.336. The van der Waals surface area contributed by atoms with E-state index in [0.717, 1.165) is 13.0 Å². The standard InChI is InChI=1S/C12H21NS2/c1-10(7-11-5-6-15-8-11)13-9-12(2,3)14-4/h5-6,8,10,13H,7,9H2,1-4H3. The Balaban J connectivity index is 2.28. The van der Waals surface area contributed by atoms with Gasteiger partial charge in [-0.25, -0.2) is 0 Å². The van der Waals surface area contributed by atoms with Crippen molar-refractivity contribution in [2.75, 3.05) is 12.8 Å². The molecule has 0 aliphatic carbocycles. The van der Waals surface area contributed by atoms with E-state index in [0.29, 0.717) is 10.8 Å². The van der Waals surface area contributed by atoms with E-state index in [1.165, 1.54) is 5.56 Å². The van der Waals surface area contributed by atoms with Crippen molar-refractivity contribution in [3.63, 3.8) is 0 Å². The molecule has 1 aromatic rings. The van der Waals surface area contributed by atoms with Crippen LogP contribution in [0, 0.1) is 0 Å². The molecule has 0 saturated heterocycles. The van der Waals surface area contributed by atoms with Crippen molar-refractivity contribution in [3.05, 3.63) is 22.4 Å². The first-order valence-electron chi connectivity index (χ1n) is 5.33. The summed E-state index contributed by atoms with van der Waals surface area (Å²) < 4.78 is 0.336. The van der Waals surface area contributed by atoms with Crippen LogP contribution in [0.5, 0.6) is 0 Å². The van der Waals surface area contributed by atoms with Crippen molar-refractivity contribution in [1.29, 1.82) is 0 Å². The minimum Gasteiger partial charge on any atom is -0.313 e. The lowest BCUT2D eigenvalue weighted by atomic mass is 10.1. The van der Waals surface area contributed by atoms with Gasteiger partial charge in [0.05, 0.1) is 0 Å². The third-order valence-corrected chi connectivity index (χ3v) is 4.53. The summed E-state index contributed by atoms with van der Waals surface area (Å²) in [5, 5.41) is 7.98. The monoisotopic (exact) mass is 243 g/mol. The van der Waals surface area contributed by atoms with E-state index >= 15 is 0 Å². The highest BCUT2D eigenvalue weighted by Gasteiger charge is 2.16. The van der Waals surface area contributed by atoms with Crippen molar-refractivity contribution in [3.8, 4) is 0 Å². The summed E-state index contributed by atoms with van der Waals surface area (Å²) in [6, 6.07) is 2.77. The molecular formula is C12H21NS2. The minimum atomic E-state index is 0.336. The fourth-order valence-corrected chi connectivity index (χ4v) is 2.24. The fraction of sp³-hybridized carbons (Fsp3) is 0.667. The van der Waals surface area contributed by atoms with Gasteiger partial charge in [-0.05, 0) is 55.8 Å². The Morgan fingerprint density at radius 1 is 1.53 bits per heavy atom. The van der Waals surface area contributed by atoms with Crippen LogP contribution in [0.15, 0.2) is 16.8 Å². The van der Waals surface area contributed by atoms with Gasteiger partial charge in [0.15, 0.2) is 0 Å². The zero-order valence-corrected chi connectivity index (χ0v) is 11.7. The van der Waals surface area contributed by atoms with Gasteiger partial charge in [0, 0.05) is 17.3 Å². The average molecular weight is 243 g/mol. The third-order valence-electron chi connectivity index (χ3n) is 2.55. The van der Waals surface area contributed by atoms with E-state index in [9.17, 15) is 0 Å². The molecule has 0 saturated carbocycles. The zero-order valence-electron chi connectivity index (χ0n) is 10.0. The summed E-state index contributed by atoms with van der Waals surface area (Å²) in [5.74, 6) is 0. The largest absolute Gasteiger partial charge is 0.313 e. The lowest BCUT2D eigenvalue weighted by Gasteiger charge is -2.25. The van der Waals surface area contributed by atoms with Gasteiger partial charge in [0.2, 0.25) is 0 Å². The number of thiophene rings is 1. The average Bonchev–Trinajstić information content (AvgIpc) is 2.68. The molecule has 1 nitrogen and oxygen atoms in total. The van der Waals surface area contributed by atoms with Gasteiger partial charge in [-0.3, -0.25) is 0 Å². The fourth-order valence-electron chi connectivity index (χ4n) is 1.33. The van der Waals surface area contributed by atoms with E-state index in [1.54, 1.807) is 11.3 Å². The van der Waals surface area contributed by atoms with Crippen LogP contribution in [0.2, 0.25) is 0 Å². The highest BCUT2D eigenvalue weighted by Crippen LogP contribution is 2.20. The molecule has 15 heavy (non-hydrogen) atoms. The molecule has 0 aliphatic heterocycles. The first-order chi connectivity index (χ1) is 7.03. The summed E-state index contributed by atoms with van der Waals surface area (Å²) >= 11 is 3.69. The Bertz CT molecular complexity index is 267. The molecule has 1 atom stereocenters. The Morgan fingerprint density at radius 3 is 2.80 bits per heavy atom. The molecular weight excluding hydrogens is 222 g/mol. The van der Waals surface area contributed by atoms with Crippen LogP contribution >= 0.6 is 23.1 Å². The van der Waals surface area contributed by atoms with E-state index < -0.39 is 0 Å². The summed E-state index contributed by atoms with van der Waals surface area (Å²) in [5.41, 5.74) is 1.45. The smallest absolute Gasteiger partial charge is 0.0225 e. The molecule has 0 radical (unpaired) electrons. The Hall–Kier alpha value is 0.01000. The lowest BCUT2D eigenvalue weighted by molar-refractivity contribution is 0.505. The molecule has 3 heteroatoms. The van der Waals surface area contributed by atoms with Crippen LogP contribution in [0.3, 0.4) is 0 Å². The molecule has 1 rings (SSSR count). The molecule has 1 unspecified atom stereocenters. The molecule has 0 fully saturated rings. The topological polar surface area (TPSA) is 12.0 Å². The predicted octanol–water partition coefficient (Wildman–Crippen LogP) is 3.41. The summed E-state index contributed by atoms with van der Waals surface area (Å²) in [6.45, 7) is 7.89. The molecule has 1 aromatic heterocycles. The van der Waals surface area contributed by atoms with E-state index in [2.05, 4.69) is 49.2 Å². The van der Waals surface area contributed by atoms with E-state index in [4.69, 9.17) is 0 Å². The van der Waals surface area contributed by atoms with Crippen LogP contribution in [0.1, 0.15) is 26.3 Å². The van der Waals surface area contributed by atoms with Gasteiger partial charge in [-0.1, -0.05) is 0 Å². The molecule has 0 amide bonds. The maximum absolute atomic E-state index is 3.60. The molecule has 86 valence electrons. The summed E-state index contributed by atoms with van der Waals surface area (Å²) in [7, 11) is 0. The number of hydrogen-bond donors (Lipinski definition) is 1. The van der Waals surface area contributed by atoms with Crippen molar-refractivity contribution in [1.82, 2.24) is 5.32 Å². The van der Waals surface area contributed by atoms with E-state index in [-0.39, 0.29) is 0 Å². The third kappa shape index (κ3) is 5.05. The number of rotatable bonds is 6. The quantitative estimate of drug-likeness (QED) is 0.822. The van der Waals surface area contributed by atoms with E-state index in [1.807, 2.05) is 11.8 Å². The van der Waals surface area contributed by atoms with Gasteiger partial charge in [0.1, 0.15) is 0 Å². The SMILES string of the molecule is CSC(C)(C)CNC(C)Cc1ccsc1. The van der Waals surface area contributed by atoms with Crippen molar-refractivity contribution >= 4 is 23.1 Å². The second kappa shape index (κ2) is 5.92. The maximum atomic E-state index is 3.60. The van der Waals surface area contributed by atoms with Crippen LogP contribution in [0.4, 0.5) is 0 Å². The van der Waals surface area contributed by atoms with Gasteiger partial charge in [0.25, 0.3) is 0 Å². The Kier molecular flexibility index (Phi) is 5.16. The van der Waals surface area contributed by atoms with Crippen molar-refractivity contribution in [2.45, 2.75) is 38.0 Å². The van der Waals surface area contributed by atoms with Gasteiger partial charge >= 0.3 is 0 Å². The molecule has 1 heterocycles. The van der Waals surface area contributed by atoms with Crippen LogP contribution in [-0.2, 0) is 6.42 Å². The second-order valence-electron chi connectivity index (χ2n) is 4.58. The first kappa shape index (κ1) is 13.1. The normalized spacial score (nSPS) is 14.1. The number of hydrogen-bond acceptors (Lipinski definition) is 3. The van der Waals surface area contributed by atoms with Crippen LogP contribution in [-0.4, -0.2) is 23.6 Å². The van der Waals surface area contributed by atoms with Crippen molar-refractivity contribution < 1.29 is 0 Å². The highest BCUT2D eigenvalue weighted by atomic mass is 32.2. The van der Waals surface area contributed by atoms with Gasteiger partial charge < -0.3 is 5.32 Å². The van der Waals surface area contributed by atoms with Gasteiger partial charge in [-0.15, -0.1) is 0 Å². The second-order valence-corrected chi connectivity index (χ2v) is 6.87. The highest BCUT2D eigenvalue weighted by molar-refractivity contribution is 7.99. The zero-order chi connectivity index (χ0) is 11.3. The lowest BCUT2D eigenvalue weighted by Crippen LogP contribution is -2.38. The summed E-state index contributed by atoms with van der Waals surface area (Å²) in [6.07, 6.45) is 3.30. The molecule has 0 bridgehead atoms. The number of nitrogens with one attached hydrogen (secondary N) is 1. The van der Waals surface area contributed by atoms with Crippen molar-refractivity contribution in [2.24, 2.45) is 0 Å². The molecule has 1 N–H and O–H groups in total. The Labute approximate surface area is 102 Å².